The predicted octanol–water partition coefficient (Wildman–Crippen LogP) is 3.42. The molecular formula is C21H25N5O. The molecule has 1 aliphatic carbocycles. The minimum atomic E-state index is 0.00948. The smallest absolute Gasteiger partial charge is 0.253 e. The van der Waals surface area contributed by atoms with E-state index < -0.39 is 0 Å². The number of nitrogens with one attached hydrogen (secondary N) is 1. The average Bonchev–Trinajstić information content (AvgIpc) is 3.32. The van der Waals surface area contributed by atoms with Crippen LogP contribution in [0.2, 0.25) is 0 Å². The van der Waals surface area contributed by atoms with Gasteiger partial charge in [-0.3, -0.25) is 14.6 Å². The normalized spacial score (nSPS) is 13.7. The summed E-state index contributed by atoms with van der Waals surface area (Å²) in [5.74, 6) is 0.626. The van der Waals surface area contributed by atoms with Crippen LogP contribution in [-0.4, -0.2) is 37.8 Å². The number of amides is 1. The standard InChI is InChI=1S/C21H25N5O/c1-14-10-15(2)26(24-14)12-16-4-6-18(7-5-16)21(27)25(3)13-19-11-20(23-22-19)17-8-9-17/h4-7,10-11,17H,8-9,12-13H2,1-3H3,(H,22,23). The second-order valence-corrected chi connectivity index (χ2v) is 7.54. The molecule has 1 amide bonds. The van der Waals surface area contributed by atoms with Crippen LogP contribution in [0, 0.1) is 13.8 Å². The lowest BCUT2D eigenvalue weighted by atomic mass is 10.1. The molecule has 0 radical (unpaired) electrons. The average molecular weight is 363 g/mol. The van der Waals surface area contributed by atoms with Crippen molar-refractivity contribution in [2.75, 3.05) is 7.05 Å². The van der Waals surface area contributed by atoms with Gasteiger partial charge in [-0.25, -0.2) is 0 Å². The summed E-state index contributed by atoms with van der Waals surface area (Å²) in [6, 6.07) is 11.9. The second-order valence-electron chi connectivity index (χ2n) is 7.54. The summed E-state index contributed by atoms with van der Waals surface area (Å²) in [5, 5.41) is 11.9. The Morgan fingerprint density at radius 3 is 2.59 bits per heavy atom. The summed E-state index contributed by atoms with van der Waals surface area (Å²) in [6.07, 6.45) is 2.45. The lowest BCUT2D eigenvalue weighted by Gasteiger charge is -2.16. The van der Waals surface area contributed by atoms with Gasteiger partial charge in [-0.1, -0.05) is 12.1 Å². The van der Waals surface area contributed by atoms with Crippen LogP contribution in [0.15, 0.2) is 36.4 Å². The molecule has 0 saturated heterocycles. The first-order valence-corrected chi connectivity index (χ1v) is 9.39. The number of H-pyrrole nitrogens is 1. The van der Waals surface area contributed by atoms with Gasteiger partial charge >= 0.3 is 0 Å². The number of rotatable bonds is 6. The highest BCUT2D eigenvalue weighted by Gasteiger charge is 2.26. The number of nitrogens with zero attached hydrogens (tertiary/aromatic N) is 4. The van der Waals surface area contributed by atoms with Crippen LogP contribution in [0.4, 0.5) is 0 Å². The van der Waals surface area contributed by atoms with E-state index in [9.17, 15) is 4.79 Å². The highest BCUT2D eigenvalue weighted by molar-refractivity contribution is 5.94. The van der Waals surface area contributed by atoms with Crippen molar-refractivity contribution in [2.45, 2.75) is 45.7 Å². The molecule has 4 rings (SSSR count). The van der Waals surface area contributed by atoms with Crippen LogP contribution < -0.4 is 0 Å². The summed E-state index contributed by atoms with van der Waals surface area (Å²) < 4.78 is 1.98. The van der Waals surface area contributed by atoms with Crippen LogP contribution in [0.3, 0.4) is 0 Å². The Morgan fingerprint density at radius 2 is 1.96 bits per heavy atom. The van der Waals surface area contributed by atoms with E-state index in [4.69, 9.17) is 0 Å². The summed E-state index contributed by atoms with van der Waals surface area (Å²) in [5.41, 5.74) is 6.08. The van der Waals surface area contributed by atoms with Crippen LogP contribution in [0.5, 0.6) is 0 Å². The summed E-state index contributed by atoms with van der Waals surface area (Å²) in [4.78, 5) is 14.4. The number of benzene rings is 1. The van der Waals surface area contributed by atoms with Crippen molar-refractivity contribution in [3.8, 4) is 0 Å². The first-order chi connectivity index (χ1) is 13.0. The Hall–Kier alpha value is -2.89. The van der Waals surface area contributed by atoms with Crippen LogP contribution >= 0.6 is 0 Å². The topological polar surface area (TPSA) is 66.8 Å². The molecule has 0 unspecified atom stereocenters. The van der Waals surface area contributed by atoms with Gasteiger partial charge in [-0.05, 0) is 56.5 Å². The molecule has 1 saturated carbocycles. The number of aromatic amines is 1. The highest BCUT2D eigenvalue weighted by Crippen LogP contribution is 2.39. The molecule has 27 heavy (non-hydrogen) atoms. The fourth-order valence-corrected chi connectivity index (χ4v) is 3.36. The molecule has 0 atom stereocenters. The van der Waals surface area contributed by atoms with Crippen molar-refractivity contribution < 1.29 is 4.79 Å². The quantitative estimate of drug-likeness (QED) is 0.730. The monoisotopic (exact) mass is 363 g/mol. The van der Waals surface area contributed by atoms with Crippen molar-refractivity contribution in [1.29, 1.82) is 0 Å². The Labute approximate surface area is 159 Å². The summed E-state index contributed by atoms with van der Waals surface area (Å²) in [6.45, 7) is 5.29. The van der Waals surface area contributed by atoms with E-state index in [0.29, 0.717) is 24.6 Å². The minimum absolute atomic E-state index is 0.00948. The molecule has 1 N–H and O–H groups in total. The molecule has 2 aromatic heterocycles. The van der Waals surface area contributed by atoms with E-state index in [1.54, 1.807) is 4.90 Å². The van der Waals surface area contributed by atoms with Gasteiger partial charge in [0.2, 0.25) is 0 Å². The molecule has 1 aromatic carbocycles. The van der Waals surface area contributed by atoms with Gasteiger partial charge < -0.3 is 4.90 Å². The van der Waals surface area contributed by atoms with E-state index in [2.05, 4.69) is 34.4 Å². The molecule has 0 bridgehead atoms. The van der Waals surface area contributed by atoms with Crippen molar-refractivity contribution >= 4 is 5.91 Å². The van der Waals surface area contributed by atoms with Gasteiger partial charge in [-0.15, -0.1) is 0 Å². The van der Waals surface area contributed by atoms with Crippen LogP contribution in [-0.2, 0) is 13.1 Å². The highest BCUT2D eigenvalue weighted by atomic mass is 16.2. The molecule has 1 fully saturated rings. The second kappa shape index (κ2) is 7.02. The Kier molecular flexibility index (Phi) is 4.56. The van der Waals surface area contributed by atoms with Crippen LogP contribution in [0.1, 0.15) is 57.5 Å². The van der Waals surface area contributed by atoms with E-state index in [1.165, 1.54) is 12.8 Å². The molecule has 3 aromatic rings. The third-order valence-electron chi connectivity index (χ3n) is 5.04. The third-order valence-corrected chi connectivity index (χ3v) is 5.04. The van der Waals surface area contributed by atoms with E-state index >= 15 is 0 Å². The van der Waals surface area contributed by atoms with Crippen molar-refractivity contribution in [3.63, 3.8) is 0 Å². The zero-order valence-corrected chi connectivity index (χ0v) is 16.1. The first-order valence-electron chi connectivity index (χ1n) is 9.39. The van der Waals surface area contributed by atoms with Crippen molar-refractivity contribution in [1.82, 2.24) is 24.9 Å². The molecule has 140 valence electrons. The zero-order chi connectivity index (χ0) is 19.0. The fourth-order valence-electron chi connectivity index (χ4n) is 3.36. The maximum absolute atomic E-state index is 12.7. The minimum Gasteiger partial charge on any atom is -0.336 e. The lowest BCUT2D eigenvalue weighted by molar-refractivity contribution is 0.0783. The Bertz CT molecular complexity index is 949. The number of hydrogen-bond donors (Lipinski definition) is 1. The van der Waals surface area contributed by atoms with Crippen molar-refractivity contribution in [3.05, 3.63) is 70.3 Å². The van der Waals surface area contributed by atoms with Crippen LogP contribution in [0.25, 0.3) is 0 Å². The number of aromatic nitrogens is 4. The van der Waals surface area contributed by atoms with Gasteiger partial charge in [0.25, 0.3) is 5.91 Å². The SMILES string of the molecule is Cc1cc(C)n(Cc2ccc(C(=O)N(C)Cc3cc(C4CC4)n[nH]3)cc2)n1. The first kappa shape index (κ1) is 17.5. The number of carbonyl (C=O) groups excluding carboxylic acids is 1. The van der Waals surface area contributed by atoms with E-state index in [1.807, 2.05) is 42.9 Å². The Morgan fingerprint density at radius 1 is 1.22 bits per heavy atom. The van der Waals surface area contributed by atoms with E-state index in [-0.39, 0.29) is 5.91 Å². The third kappa shape index (κ3) is 3.94. The lowest BCUT2D eigenvalue weighted by Crippen LogP contribution is -2.26. The maximum Gasteiger partial charge on any atom is 0.253 e. The van der Waals surface area contributed by atoms with E-state index in [0.717, 1.165) is 28.3 Å². The van der Waals surface area contributed by atoms with Gasteiger partial charge in [0.05, 0.1) is 30.2 Å². The van der Waals surface area contributed by atoms with Gasteiger partial charge in [-0.2, -0.15) is 10.2 Å². The molecule has 6 heteroatoms. The largest absolute Gasteiger partial charge is 0.336 e. The number of hydrogen-bond acceptors (Lipinski definition) is 3. The summed E-state index contributed by atoms with van der Waals surface area (Å²) in [7, 11) is 1.82. The molecule has 1 aliphatic rings. The Balaban J connectivity index is 1.39. The molecule has 0 aliphatic heterocycles. The molecule has 2 heterocycles. The molecule has 6 nitrogen and oxygen atoms in total. The summed E-state index contributed by atoms with van der Waals surface area (Å²) >= 11 is 0. The maximum atomic E-state index is 12.7. The fraction of sp³-hybridized carbons (Fsp3) is 0.381. The molecular weight excluding hydrogens is 338 g/mol. The van der Waals surface area contributed by atoms with Crippen molar-refractivity contribution in [2.24, 2.45) is 0 Å². The van der Waals surface area contributed by atoms with Gasteiger partial charge in [0.15, 0.2) is 0 Å². The number of carbonyl (C=O) groups is 1. The van der Waals surface area contributed by atoms with Gasteiger partial charge in [0.1, 0.15) is 0 Å². The predicted molar refractivity (Wildman–Crippen MR) is 104 cm³/mol. The number of aryl methyl sites for hydroxylation is 2. The van der Waals surface area contributed by atoms with Gasteiger partial charge in [0, 0.05) is 24.2 Å². The molecule has 0 spiro atoms. The zero-order valence-electron chi connectivity index (χ0n) is 16.1.